The Morgan fingerprint density at radius 1 is 0.290 bits per heavy atom. The summed E-state index contributed by atoms with van der Waals surface area (Å²) in [5, 5.41) is 2.43. The predicted molar refractivity (Wildman–Crippen MR) is 288 cm³/mol. The third-order valence-corrected chi connectivity index (χ3v) is 14.8. The maximum atomic E-state index is 2.50. The molecule has 0 atom stereocenters. The summed E-state index contributed by atoms with van der Waals surface area (Å²) in [5.41, 5.74) is 24.2. The number of aromatic nitrogens is 1. The highest BCUT2D eigenvalue weighted by molar-refractivity contribution is 6.14. The van der Waals surface area contributed by atoms with Gasteiger partial charge < -0.3 is 9.47 Å². The summed E-state index contributed by atoms with van der Waals surface area (Å²) in [6, 6.07) is 98.4. The summed E-state index contributed by atoms with van der Waals surface area (Å²) in [6.07, 6.45) is 0. The topological polar surface area (TPSA) is 8.17 Å². The SMILES string of the molecule is c1ccc(-c2ccc(N(c3ccccc3)c3ccc4c5cccc(-c6ccccc6)c5n(-c5ccc(-c6cccc7c6C6(c8ccccc8-c8ccccc86)c6ccccc6-7)cc5)c4c3)cc2)cc1. The highest BCUT2D eigenvalue weighted by atomic mass is 15.1. The molecule has 0 unspecified atom stereocenters. The molecule has 0 aliphatic heterocycles. The summed E-state index contributed by atoms with van der Waals surface area (Å²) in [4.78, 5) is 2.38. The molecule has 2 aliphatic carbocycles. The average Bonchev–Trinajstić information content (AvgIpc) is 4.04. The number of rotatable bonds is 7. The van der Waals surface area contributed by atoms with E-state index in [1.165, 1.54) is 94.2 Å². The van der Waals surface area contributed by atoms with Crippen LogP contribution in [0.4, 0.5) is 17.1 Å². The van der Waals surface area contributed by atoms with Gasteiger partial charge in [0, 0.05) is 39.1 Å². The van der Waals surface area contributed by atoms with Crippen molar-refractivity contribution in [3.05, 3.63) is 289 Å². The lowest BCUT2D eigenvalue weighted by Crippen LogP contribution is -2.26. The normalized spacial score (nSPS) is 12.8. The quantitative estimate of drug-likeness (QED) is 0.155. The van der Waals surface area contributed by atoms with E-state index in [1.54, 1.807) is 0 Å². The lowest BCUT2D eigenvalue weighted by molar-refractivity contribution is 0.796. The van der Waals surface area contributed by atoms with Crippen molar-refractivity contribution in [1.29, 1.82) is 0 Å². The van der Waals surface area contributed by atoms with Crippen LogP contribution in [0.2, 0.25) is 0 Å². The molecule has 0 radical (unpaired) electrons. The fourth-order valence-electron chi connectivity index (χ4n) is 12.0. The molecule has 12 aromatic rings. The van der Waals surface area contributed by atoms with Crippen molar-refractivity contribution in [1.82, 2.24) is 4.57 Å². The highest BCUT2D eigenvalue weighted by Gasteiger charge is 2.52. The maximum absolute atomic E-state index is 2.50. The molecule has 1 heterocycles. The van der Waals surface area contributed by atoms with Gasteiger partial charge in [0.2, 0.25) is 0 Å². The van der Waals surface area contributed by atoms with E-state index in [-0.39, 0.29) is 0 Å². The zero-order chi connectivity index (χ0) is 45.5. The van der Waals surface area contributed by atoms with Gasteiger partial charge in [-0.25, -0.2) is 0 Å². The molecule has 0 bridgehead atoms. The lowest BCUT2D eigenvalue weighted by atomic mass is 9.68. The molecule has 0 amide bonds. The second-order valence-corrected chi connectivity index (χ2v) is 18.4. The first kappa shape index (κ1) is 39.2. The molecule has 2 nitrogen and oxygen atoms in total. The van der Waals surface area contributed by atoms with Crippen LogP contribution < -0.4 is 4.90 Å². The molecule has 322 valence electrons. The van der Waals surface area contributed by atoms with E-state index in [4.69, 9.17) is 0 Å². The number of hydrogen-bond donors (Lipinski definition) is 0. The summed E-state index contributed by atoms with van der Waals surface area (Å²) in [7, 11) is 0. The minimum Gasteiger partial charge on any atom is -0.310 e. The van der Waals surface area contributed by atoms with Crippen molar-refractivity contribution in [2.45, 2.75) is 5.41 Å². The Morgan fingerprint density at radius 3 is 1.39 bits per heavy atom. The Morgan fingerprint density at radius 2 is 0.739 bits per heavy atom. The summed E-state index contributed by atoms with van der Waals surface area (Å²) in [6.45, 7) is 0. The van der Waals surface area contributed by atoms with Crippen LogP contribution in [-0.2, 0) is 5.41 Å². The van der Waals surface area contributed by atoms with Crippen LogP contribution in [0.3, 0.4) is 0 Å². The molecule has 69 heavy (non-hydrogen) atoms. The summed E-state index contributed by atoms with van der Waals surface area (Å²) < 4.78 is 2.50. The molecule has 11 aromatic carbocycles. The van der Waals surface area contributed by atoms with Crippen LogP contribution in [0, 0.1) is 0 Å². The molecule has 2 heteroatoms. The monoisotopic (exact) mass is 876 g/mol. The van der Waals surface area contributed by atoms with Crippen molar-refractivity contribution in [2.75, 3.05) is 4.90 Å². The molecule has 1 aromatic heterocycles. The fourth-order valence-corrected chi connectivity index (χ4v) is 12.0. The number of hydrogen-bond acceptors (Lipinski definition) is 1. The van der Waals surface area contributed by atoms with E-state index in [9.17, 15) is 0 Å². The van der Waals surface area contributed by atoms with Crippen LogP contribution >= 0.6 is 0 Å². The Kier molecular flexibility index (Phi) is 8.84. The van der Waals surface area contributed by atoms with Gasteiger partial charge >= 0.3 is 0 Å². The van der Waals surface area contributed by atoms with Gasteiger partial charge in [0.1, 0.15) is 0 Å². The molecule has 0 saturated carbocycles. The van der Waals surface area contributed by atoms with Crippen LogP contribution in [0.1, 0.15) is 22.3 Å². The van der Waals surface area contributed by atoms with E-state index in [0.29, 0.717) is 0 Å². The fraction of sp³-hybridized carbons (Fsp3) is 0.0149. The van der Waals surface area contributed by atoms with Crippen LogP contribution in [0.15, 0.2) is 267 Å². The second kappa shape index (κ2) is 15.6. The molecule has 14 rings (SSSR count). The van der Waals surface area contributed by atoms with Crippen LogP contribution in [0.25, 0.3) is 83.1 Å². The maximum Gasteiger partial charge on any atom is 0.0731 e. The Hall–Kier alpha value is -8.98. The molecular formula is C67H44N2. The first-order valence-corrected chi connectivity index (χ1v) is 23.9. The van der Waals surface area contributed by atoms with Crippen molar-refractivity contribution in [2.24, 2.45) is 0 Å². The lowest BCUT2D eigenvalue weighted by Gasteiger charge is -2.32. The number of para-hydroxylation sites is 2. The number of fused-ring (bicyclic) bond motifs is 13. The molecule has 0 fully saturated rings. The second-order valence-electron chi connectivity index (χ2n) is 18.4. The van der Waals surface area contributed by atoms with E-state index >= 15 is 0 Å². The zero-order valence-electron chi connectivity index (χ0n) is 37.8. The van der Waals surface area contributed by atoms with Gasteiger partial charge in [0.05, 0.1) is 16.4 Å². The standard InChI is InChI=1S/C67H44N2/c1-4-18-45(19-5-1)46-34-38-50(39-35-46)68(49-22-8-3-9-23-49)52-42-43-58-60-30-17-28-54(47-20-6-2-7-21-47)66(60)69(64(58)44-52)51-40-36-48(37-41-51)53-27-16-29-59-57-26-12-15-33-63(57)67(65(53)59)61-31-13-10-24-55(61)56-25-11-14-32-62(56)67/h1-44H. The first-order chi connectivity index (χ1) is 34.3. The predicted octanol–water partition coefficient (Wildman–Crippen LogP) is 17.6. The molecule has 1 spiro atoms. The molecule has 2 aliphatic rings. The van der Waals surface area contributed by atoms with Crippen molar-refractivity contribution in [3.63, 3.8) is 0 Å². The average molecular weight is 877 g/mol. The van der Waals surface area contributed by atoms with E-state index < -0.39 is 5.41 Å². The Bertz CT molecular complexity index is 3860. The van der Waals surface area contributed by atoms with Crippen LogP contribution in [0.5, 0.6) is 0 Å². The minimum atomic E-state index is -0.436. The number of benzene rings is 11. The van der Waals surface area contributed by atoms with Crippen molar-refractivity contribution >= 4 is 38.9 Å². The Balaban J connectivity index is 0.968. The summed E-state index contributed by atoms with van der Waals surface area (Å²) >= 11 is 0. The van der Waals surface area contributed by atoms with Crippen LogP contribution in [-0.4, -0.2) is 4.57 Å². The van der Waals surface area contributed by atoms with Crippen molar-refractivity contribution < 1.29 is 0 Å². The Labute approximate surface area is 402 Å². The van der Waals surface area contributed by atoms with Gasteiger partial charge in [-0.1, -0.05) is 218 Å². The van der Waals surface area contributed by atoms with E-state index in [1.807, 2.05) is 0 Å². The van der Waals surface area contributed by atoms with E-state index in [2.05, 4.69) is 276 Å². The van der Waals surface area contributed by atoms with Crippen molar-refractivity contribution in [3.8, 4) is 61.3 Å². The van der Waals surface area contributed by atoms with Gasteiger partial charge in [-0.2, -0.15) is 0 Å². The highest BCUT2D eigenvalue weighted by Crippen LogP contribution is 2.64. The van der Waals surface area contributed by atoms with Gasteiger partial charge in [-0.3, -0.25) is 0 Å². The number of nitrogens with zero attached hydrogens (tertiary/aromatic N) is 2. The minimum absolute atomic E-state index is 0.436. The third-order valence-electron chi connectivity index (χ3n) is 14.8. The van der Waals surface area contributed by atoms with Gasteiger partial charge in [0.25, 0.3) is 0 Å². The number of anilines is 3. The largest absolute Gasteiger partial charge is 0.310 e. The summed E-state index contributed by atoms with van der Waals surface area (Å²) in [5.74, 6) is 0. The molecule has 0 saturated heterocycles. The third kappa shape index (κ3) is 5.86. The van der Waals surface area contributed by atoms with Gasteiger partial charge in [0.15, 0.2) is 0 Å². The van der Waals surface area contributed by atoms with E-state index in [0.717, 1.165) is 28.3 Å². The van der Waals surface area contributed by atoms with Gasteiger partial charge in [-0.05, 0) is 121 Å². The smallest absolute Gasteiger partial charge is 0.0731 e. The molecule has 0 N–H and O–H groups in total. The zero-order valence-corrected chi connectivity index (χ0v) is 37.8. The first-order valence-electron chi connectivity index (χ1n) is 23.9. The van der Waals surface area contributed by atoms with Gasteiger partial charge in [-0.15, -0.1) is 0 Å². The molecular weight excluding hydrogens is 833 g/mol.